The summed E-state index contributed by atoms with van der Waals surface area (Å²) >= 11 is 0. The lowest BCUT2D eigenvalue weighted by Crippen LogP contribution is -2.42. The minimum Gasteiger partial charge on any atom is -0.423 e. The number of aromatic nitrogens is 1. The maximum absolute atomic E-state index is 13.2. The van der Waals surface area contributed by atoms with Crippen LogP contribution in [-0.4, -0.2) is 43.8 Å². The van der Waals surface area contributed by atoms with Crippen molar-refractivity contribution in [1.82, 2.24) is 9.29 Å². The van der Waals surface area contributed by atoms with Gasteiger partial charge >= 0.3 is 6.01 Å². The van der Waals surface area contributed by atoms with Crippen molar-refractivity contribution in [2.45, 2.75) is 25.2 Å². The van der Waals surface area contributed by atoms with E-state index in [1.807, 2.05) is 12.1 Å². The van der Waals surface area contributed by atoms with Crippen molar-refractivity contribution in [3.63, 3.8) is 0 Å². The van der Waals surface area contributed by atoms with Gasteiger partial charge in [0.25, 0.3) is 5.91 Å². The smallest absolute Gasteiger partial charge is 0.305 e. The lowest BCUT2D eigenvalue weighted by atomic mass is 9.94. The van der Waals surface area contributed by atoms with Crippen LogP contribution >= 0.6 is 0 Å². The highest BCUT2D eigenvalue weighted by molar-refractivity contribution is 7.89. The molecule has 0 unspecified atom stereocenters. The van der Waals surface area contributed by atoms with Crippen LogP contribution in [0.1, 0.15) is 30.6 Å². The third-order valence-electron chi connectivity index (χ3n) is 5.43. The number of piperidine rings is 1. The number of nitrogens with zero attached hydrogens (tertiary/aromatic N) is 3. The molecule has 1 saturated heterocycles. The SMILES string of the molecule is C[C@@H]1C[C@@H](C)CN(S(=O)(=O)c2cccc(C(=O)N(C)c3nc4ccccc4o3)c2)C1. The Kier molecular flexibility index (Phi) is 5.38. The van der Waals surface area contributed by atoms with Crippen LogP contribution < -0.4 is 4.90 Å². The number of carbonyl (C=O) groups excluding carboxylic acids is 1. The predicted molar refractivity (Wildman–Crippen MR) is 115 cm³/mol. The zero-order chi connectivity index (χ0) is 21.5. The van der Waals surface area contributed by atoms with E-state index in [1.54, 1.807) is 31.3 Å². The summed E-state index contributed by atoms with van der Waals surface area (Å²) in [4.78, 5) is 18.7. The number of amides is 1. The summed E-state index contributed by atoms with van der Waals surface area (Å²) in [5.41, 5.74) is 1.49. The van der Waals surface area contributed by atoms with Crippen molar-refractivity contribution < 1.29 is 17.6 Å². The average molecular weight is 428 g/mol. The summed E-state index contributed by atoms with van der Waals surface area (Å²) in [7, 11) is -2.11. The lowest BCUT2D eigenvalue weighted by molar-refractivity contribution is 0.0988. The molecule has 8 heteroatoms. The van der Waals surface area contributed by atoms with Crippen LogP contribution in [0, 0.1) is 11.8 Å². The third-order valence-corrected chi connectivity index (χ3v) is 7.26. The van der Waals surface area contributed by atoms with Gasteiger partial charge in [0.15, 0.2) is 5.58 Å². The van der Waals surface area contributed by atoms with E-state index in [2.05, 4.69) is 18.8 Å². The standard InChI is InChI=1S/C22H25N3O4S/c1-15-11-16(2)14-25(13-15)30(27,28)18-8-6-7-17(12-18)21(26)24(3)22-23-19-9-4-5-10-20(19)29-22/h4-10,12,15-16H,11,13-14H2,1-3H3/t15-,16-/m1/s1. The molecule has 0 spiro atoms. The van der Waals surface area contributed by atoms with Gasteiger partial charge in [-0.15, -0.1) is 0 Å². The van der Waals surface area contributed by atoms with Crippen LogP contribution in [0.15, 0.2) is 57.8 Å². The molecule has 1 aromatic heterocycles. The summed E-state index contributed by atoms with van der Waals surface area (Å²) < 4.78 is 33.5. The maximum Gasteiger partial charge on any atom is 0.305 e. The number of benzene rings is 2. The molecule has 1 aliphatic rings. The number of carbonyl (C=O) groups is 1. The zero-order valence-corrected chi connectivity index (χ0v) is 18.1. The van der Waals surface area contributed by atoms with E-state index in [0.717, 1.165) is 6.42 Å². The number of anilines is 1. The molecule has 0 N–H and O–H groups in total. The fourth-order valence-electron chi connectivity index (χ4n) is 4.02. The van der Waals surface area contributed by atoms with Crippen molar-refractivity contribution in [3.8, 4) is 0 Å². The van der Waals surface area contributed by atoms with Crippen LogP contribution in [0.5, 0.6) is 0 Å². The van der Waals surface area contributed by atoms with E-state index in [0.29, 0.717) is 36.0 Å². The molecule has 0 aliphatic carbocycles. The Morgan fingerprint density at radius 2 is 1.80 bits per heavy atom. The molecule has 4 rings (SSSR count). The van der Waals surface area contributed by atoms with Gasteiger partial charge in [-0.25, -0.2) is 8.42 Å². The molecule has 2 heterocycles. The molecule has 0 saturated carbocycles. The summed E-state index contributed by atoms with van der Waals surface area (Å²) in [5.74, 6) is 0.219. The summed E-state index contributed by atoms with van der Waals surface area (Å²) in [6.45, 7) is 5.11. The number of para-hydroxylation sites is 2. The Balaban J connectivity index is 1.61. The number of fused-ring (bicyclic) bond motifs is 1. The molecule has 3 aromatic rings. The summed E-state index contributed by atoms with van der Waals surface area (Å²) in [6.07, 6.45) is 1.01. The van der Waals surface area contributed by atoms with Crippen molar-refractivity contribution in [3.05, 3.63) is 54.1 Å². The number of hydrogen-bond acceptors (Lipinski definition) is 5. The Labute approximate surface area is 176 Å². The highest BCUT2D eigenvalue weighted by Crippen LogP contribution is 2.28. The van der Waals surface area contributed by atoms with Crippen LogP contribution in [0.3, 0.4) is 0 Å². The highest BCUT2D eigenvalue weighted by Gasteiger charge is 2.32. The van der Waals surface area contributed by atoms with Gasteiger partial charge in [0, 0.05) is 25.7 Å². The predicted octanol–water partition coefficient (Wildman–Crippen LogP) is 3.77. The second-order valence-corrected chi connectivity index (χ2v) is 10.1. The minimum atomic E-state index is -3.67. The molecule has 1 fully saturated rings. The molecule has 0 radical (unpaired) electrons. The molecule has 0 bridgehead atoms. The van der Waals surface area contributed by atoms with Crippen molar-refractivity contribution in [2.24, 2.45) is 11.8 Å². The van der Waals surface area contributed by atoms with Crippen molar-refractivity contribution in [1.29, 1.82) is 0 Å². The molecule has 2 atom stereocenters. The van der Waals surface area contributed by atoms with E-state index in [1.165, 1.54) is 21.3 Å². The zero-order valence-electron chi connectivity index (χ0n) is 17.3. The van der Waals surface area contributed by atoms with Gasteiger partial charge in [-0.3, -0.25) is 9.69 Å². The average Bonchev–Trinajstić information content (AvgIpc) is 3.16. The second kappa shape index (κ2) is 7.85. The maximum atomic E-state index is 13.2. The van der Waals surface area contributed by atoms with Crippen molar-refractivity contribution >= 4 is 33.0 Å². The Morgan fingerprint density at radius 1 is 1.10 bits per heavy atom. The van der Waals surface area contributed by atoms with Gasteiger partial charge in [-0.1, -0.05) is 32.0 Å². The normalized spacial score (nSPS) is 20.4. The monoisotopic (exact) mass is 427 g/mol. The first kappa shape index (κ1) is 20.6. The van der Waals surface area contributed by atoms with Crippen LogP contribution in [-0.2, 0) is 10.0 Å². The molecule has 30 heavy (non-hydrogen) atoms. The number of hydrogen-bond donors (Lipinski definition) is 0. The Bertz CT molecular complexity index is 1140. The molecule has 1 aliphatic heterocycles. The topological polar surface area (TPSA) is 83.7 Å². The van der Waals surface area contributed by atoms with E-state index < -0.39 is 10.0 Å². The van der Waals surface area contributed by atoms with Gasteiger partial charge < -0.3 is 4.42 Å². The summed E-state index contributed by atoms with van der Waals surface area (Å²) in [5, 5.41) is 0. The van der Waals surface area contributed by atoms with Crippen LogP contribution in [0.25, 0.3) is 11.1 Å². The van der Waals surface area contributed by atoms with Gasteiger partial charge in [0.05, 0.1) is 4.90 Å². The fourth-order valence-corrected chi connectivity index (χ4v) is 5.75. The number of oxazole rings is 1. The Hall–Kier alpha value is -2.71. The second-order valence-electron chi connectivity index (χ2n) is 8.12. The van der Waals surface area contributed by atoms with Gasteiger partial charge in [0.2, 0.25) is 10.0 Å². The first-order valence-electron chi connectivity index (χ1n) is 9.99. The molecule has 158 valence electrons. The van der Waals surface area contributed by atoms with Gasteiger partial charge in [0.1, 0.15) is 5.52 Å². The van der Waals surface area contributed by atoms with Crippen LogP contribution in [0.4, 0.5) is 6.01 Å². The number of sulfonamides is 1. The minimum absolute atomic E-state index is 0.126. The molecule has 7 nitrogen and oxygen atoms in total. The molecule has 1 amide bonds. The van der Waals surface area contributed by atoms with E-state index in [4.69, 9.17) is 4.42 Å². The first-order valence-corrected chi connectivity index (χ1v) is 11.4. The Morgan fingerprint density at radius 3 is 2.50 bits per heavy atom. The molecular weight excluding hydrogens is 402 g/mol. The van der Waals surface area contributed by atoms with Gasteiger partial charge in [-0.2, -0.15) is 9.29 Å². The van der Waals surface area contributed by atoms with Crippen molar-refractivity contribution in [2.75, 3.05) is 25.0 Å². The molecular formula is C22H25N3O4S. The summed E-state index contributed by atoms with van der Waals surface area (Å²) in [6, 6.07) is 13.6. The largest absolute Gasteiger partial charge is 0.423 e. The third kappa shape index (κ3) is 3.85. The number of rotatable bonds is 4. The first-order chi connectivity index (χ1) is 14.3. The quantitative estimate of drug-likeness (QED) is 0.633. The van der Waals surface area contributed by atoms with Crippen LogP contribution in [0.2, 0.25) is 0 Å². The lowest BCUT2D eigenvalue weighted by Gasteiger charge is -2.34. The molecule has 2 aromatic carbocycles. The van der Waals surface area contributed by atoms with E-state index in [9.17, 15) is 13.2 Å². The van der Waals surface area contributed by atoms with Gasteiger partial charge in [-0.05, 0) is 48.6 Å². The highest BCUT2D eigenvalue weighted by atomic mass is 32.2. The van der Waals surface area contributed by atoms with E-state index >= 15 is 0 Å². The fraction of sp³-hybridized carbons (Fsp3) is 0.364. The van der Waals surface area contributed by atoms with E-state index in [-0.39, 0.29) is 22.4 Å².